The van der Waals surface area contributed by atoms with E-state index in [2.05, 4.69) is 35.8 Å². The largest absolute Gasteiger partial charge is 0.352 e. The van der Waals surface area contributed by atoms with Crippen molar-refractivity contribution >= 4 is 11.8 Å². The van der Waals surface area contributed by atoms with Crippen molar-refractivity contribution in [3.05, 3.63) is 34.9 Å². The number of carbonyl (C=O) groups is 2. The summed E-state index contributed by atoms with van der Waals surface area (Å²) in [6, 6.07) is 6.74. The quantitative estimate of drug-likeness (QED) is 0.871. The molecule has 1 atom stereocenters. The van der Waals surface area contributed by atoms with Crippen LogP contribution >= 0.6 is 0 Å². The van der Waals surface area contributed by atoms with Crippen LogP contribution in [-0.4, -0.2) is 29.3 Å². The Kier molecular flexibility index (Phi) is 4.98. The predicted molar refractivity (Wildman–Crippen MR) is 100 cm³/mol. The molecule has 5 heteroatoms. The van der Waals surface area contributed by atoms with Gasteiger partial charge in [0.05, 0.1) is 5.92 Å². The summed E-state index contributed by atoms with van der Waals surface area (Å²) < 4.78 is 0. The van der Waals surface area contributed by atoms with E-state index in [0.29, 0.717) is 25.6 Å². The van der Waals surface area contributed by atoms with Crippen LogP contribution < -0.4 is 10.6 Å². The zero-order chi connectivity index (χ0) is 18.1. The van der Waals surface area contributed by atoms with Crippen LogP contribution in [0.5, 0.6) is 0 Å². The van der Waals surface area contributed by atoms with Gasteiger partial charge in [0.15, 0.2) is 0 Å². The maximum absolute atomic E-state index is 12.6. The molecule has 1 saturated carbocycles. The van der Waals surface area contributed by atoms with Crippen molar-refractivity contribution in [2.75, 3.05) is 6.54 Å². The van der Waals surface area contributed by atoms with Crippen LogP contribution in [0.25, 0.3) is 0 Å². The van der Waals surface area contributed by atoms with E-state index in [4.69, 9.17) is 0 Å². The highest BCUT2D eigenvalue weighted by Gasteiger charge is 2.38. The Morgan fingerprint density at radius 1 is 1.19 bits per heavy atom. The zero-order valence-electron chi connectivity index (χ0n) is 15.6. The number of hydrogen-bond donors (Lipinski definition) is 2. The van der Waals surface area contributed by atoms with Gasteiger partial charge in [0.1, 0.15) is 0 Å². The van der Waals surface area contributed by atoms with Crippen molar-refractivity contribution < 1.29 is 9.59 Å². The van der Waals surface area contributed by atoms with Crippen LogP contribution in [0.4, 0.5) is 0 Å². The minimum atomic E-state index is -0.196. The first-order valence-corrected chi connectivity index (χ1v) is 9.98. The van der Waals surface area contributed by atoms with Crippen molar-refractivity contribution in [3.63, 3.8) is 0 Å². The number of hydrogen-bond acceptors (Lipinski definition) is 3. The minimum absolute atomic E-state index is 0.0173. The fourth-order valence-electron chi connectivity index (χ4n) is 4.61. The third-order valence-corrected chi connectivity index (χ3v) is 6.32. The van der Waals surface area contributed by atoms with Gasteiger partial charge in [0.2, 0.25) is 11.8 Å². The first-order chi connectivity index (χ1) is 12.6. The summed E-state index contributed by atoms with van der Waals surface area (Å²) >= 11 is 0. The van der Waals surface area contributed by atoms with E-state index in [1.54, 1.807) is 0 Å². The van der Waals surface area contributed by atoms with Crippen LogP contribution in [-0.2, 0) is 29.2 Å². The summed E-state index contributed by atoms with van der Waals surface area (Å²) in [5.41, 5.74) is 3.80. The molecule has 140 valence electrons. The lowest BCUT2D eigenvalue weighted by Gasteiger charge is -2.33. The topological polar surface area (TPSA) is 61.4 Å². The van der Waals surface area contributed by atoms with Gasteiger partial charge in [-0.3, -0.25) is 9.59 Å². The number of nitrogens with one attached hydrogen (secondary N) is 2. The average molecular weight is 355 g/mol. The van der Waals surface area contributed by atoms with Gasteiger partial charge in [-0.25, -0.2) is 0 Å². The maximum Gasteiger partial charge on any atom is 0.225 e. The predicted octanol–water partition coefficient (Wildman–Crippen LogP) is 2.33. The number of benzene rings is 1. The summed E-state index contributed by atoms with van der Waals surface area (Å²) in [4.78, 5) is 27.0. The normalized spacial score (nSPS) is 28.3. The molecular weight excluding hydrogens is 326 g/mol. The lowest BCUT2D eigenvalue weighted by atomic mass is 9.87. The Morgan fingerprint density at radius 2 is 1.96 bits per heavy atom. The van der Waals surface area contributed by atoms with E-state index >= 15 is 0 Å². The monoisotopic (exact) mass is 355 g/mol. The Labute approximate surface area is 155 Å². The molecule has 3 aliphatic rings. The number of likely N-dealkylation sites (tertiary alicyclic amines) is 1. The highest BCUT2D eigenvalue weighted by Crippen LogP contribution is 2.31. The number of carbonyl (C=O) groups excluding carboxylic acids is 2. The van der Waals surface area contributed by atoms with Gasteiger partial charge in [-0.1, -0.05) is 25.1 Å². The fraction of sp³-hybridized carbons (Fsp3) is 0.619. The molecule has 0 spiro atoms. The van der Waals surface area contributed by atoms with Gasteiger partial charge in [-0.05, 0) is 48.3 Å². The Balaban J connectivity index is 1.30. The second-order valence-electron chi connectivity index (χ2n) is 8.29. The molecule has 1 aromatic carbocycles. The third kappa shape index (κ3) is 3.63. The van der Waals surface area contributed by atoms with Crippen molar-refractivity contribution in [2.45, 2.75) is 64.7 Å². The molecule has 2 fully saturated rings. The molecule has 0 bridgehead atoms. The second kappa shape index (κ2) is 7.39. The summed E-state index contributed by atoms with van der Waals surface area (Å²) in [6.07, 6.45) is 4.93. The second-order valence-corrected chi connectivity index (χ2v) is 8.29. The zero-order valence-corrected chi connectivity index (χ0v) is 15.6. The minimum Gasteiger partial charge on any atom is -0.352 e. The van der Waals surface area contributed by atoms with Gasteiger partial charge >= 0.3 is 0 Å². The molecular formula is C21H29N3O2. The molecule has 1 aromatic rings. The molecule has 1 unspecified atom stereocenters. The highest BCUT2D eigenvalue weighted by atomic mass is 16.2. The van der Waals surface area contributed by atoms with E-state index in [1.807, 2.05) is 4.90 Å². The van der Waals surface area contributed by atoms with Crippen molar-refractivity contribution in [1.29, 1.82) is 0 Å². The lowest BCUT2D eigenvalue weighted by molar-refractivity contribution is -0.131. The summed E-state index contributed by atoms with van der Waals surface area (Å²) in [5.74, 6) is 0.750. The van der Waals surface area contributed by atoms with Crippen molar-refractivity contribution in [3.8, 4) is 0 Å². The van der Waals surface area contributed by atoms with E-state index in [-0.39, 0.29) is 17.7 Å². The van der Waals surface area contributed by atoms with Gasteiger partial charge in [-0.2, -0.15) is 0 Å². The van der Waals surface area contributed by atoms with Crippen LogP contribution in [0.2, 0.25) is 0 Å². The smallest absolute Gasteiger partial charge is 0.225 e. The van der Waals surface area contributed by atoms with Crippen LogP contribution in [0.3, 0.4) is 0 Å². The molecule has 0 aromatic heterocycles. The van der Waals surface area contributed by atoms with E-state index in [9.17, 15) is 9.59 Å². The molecule has 2 aliphatic heterocycles. The third-order valence-electron chi connectivity index (χ3n) is 6.32. The molecule has 26 heavy (non-hydrogen) atoms. The first-order valence-electron chi connectivity index (χ1n) is 9.98. The number of amides is 2. The molecule has 2 heterocycles. The molecule has 5 nitrogen and oxygen atoms in total. The number of fused-ring (bicyclic) bond motifs is 1. The van der Waals surface area contributed by atoms with Gasteiger partial charge in [-0.15, -0.1) is 0 Å². The summed E-state index contributed by atoms with van der Waals surface area (Å²) in [7, 11) is 0. The highest BCUT2D eigenvalue weighted by molar-refractivity contribution is 5.89. The molecule has 2 N–H and O–H groups in total. The molecule has 1 aliphatic carbocycles. The van der Waals surface area contributed by atoms with Crippen LogP contribution in [0.1, 0.15) is 55.7 Å². The van der Waals surface area contributed by atoms with Crippen molar-refractivity contribution in [2.24, 2.45) is 11.8 Å². The first kappa shape index (κ1) is 17.5. The Morgan fingerprint density at radius 3 is 2.77 bits per heavy atom. The Hall–Kier alpha value is -1.88. The Bertz CT molecular complexity index is 694. The van der Waals surface area contributed by atoms with Crippen LogP contribution in [0.15, 0.2) is 18.2 Å². The maximum atomic E-state index is 12.6. The molecule has 0 radical (unpaired) electrons. The SMILES string of the molecule is CC1CCC(N2CC(C(=O)NCc3ccc4c(c3)CNC4)CC2=O)CC1. The van der Waals surface area contributed by atoms with Crippen molar-refractivity contribution in [1.82, 2.24) is 15.5 Å². The van der Waals surface area contributed by atoms with Crippen LogP contribution in [0, 0.1) is 11.8 Å². The summed E-state index contributed by atoms with van der Waals surface area (Å²) in [5, 5.41) is 6.38. The average Bonchev–Trinajstić information content (AvgIpc) is 3.26. The fourth-order valence-corrected chi connectivity index (χ4v) is 4.61. The molecule has 1 saturated heterocycles. The molecule has 4 rings (SSSR count). The van der Waals surface area contributed by atoms with E-state index < -0.39 is 0 Å². The number of nitrogens with zero attached hydrogens (tertiary/aromatic N) is 1. The van der Waals surface area contributed by atoms with Gasteiger partial charge in [0, 0.05) is 38.6 Å². The standard InChI is InChI=1S/C21H29N3O2/c1-14-2-6-19(7-3-14)24-13-18(9-20(24)25)21(26)23-10-15-4-5-16-11-22-12-17(16)8-15/h4-5,8,14,18-19,22H,2-3,6-7,9-13H2,1H3,(H,23,26). The van der Waals surface area contributed by atoms with E-state index in [0.717, 1.165) is 37.4 Å². The van der Waals surface area contributed by atoms with Gasteiger partial charge in [0.25, 0.3) is 0 Å². The van der Waals surface area contributed by atoms with E-state index in [1.165, 1.54) is 24.0 Å². The lowest BCUT2D eigenvalue weighted by Crippen LogP contribution is -2.40. The molecule has 2 amide bonds. The summed E-state index contributed by atoms with van der Waals surface area (Å²) in [6.45, 7) is 5.26. The number of rotatable bonds is 4. The van der Waals surface area contributed by atoms with Gasteiger partial charge < -0.3 is 15.5 Å².